The van der Waals surface area contributed by atoms with Crippen LogP contribution in [0.5, 0.6) is 0 Å². The second-order valence-electron chi connectivity index (χ2n) is 4.27. The number of benzene rings is 1. The van der Waals surface area contributed by atoms with E-state index in [2.05, 4.69) is 48.3 Å². The van der Waals surface area contributed by atoms with Crippen LogP contribution in [0.25, 0.3) is 0 Å². The molecule has 1 aromatic rings. The number of nitrogens with zero attached hydrogens (tertiary/aromatic N) is 1. The fourth-order valence-electron chi connectivity index (χ4n) is 2.18. The van der Waals surface area contributed by atoms with Gasteiger partial charge in [0.1, 0.15) is 0 Å². The lowest BCUT2D eigenvalue weighted by Crippen LogP contribution is -2.49. The highest BCUT2D eigenvalue weighted by atomic mass is 35.5. The minimum absolute atomic E-state index is 0. The third kappa shape index (κ3) is 4.06. The molecular weight excluding hydrogens is 255 g/mol. The van der Waals surface area contributed by atoms with Gasteiger partial charge in [-0.05, 0) is 31.0 Å². The highest BCUT2D eigenvalue weighted by Gasteiger charge is 2.17. The number of piperazine rings is 1. The summed E-state index contributed by atoms with van der Waals surface area (Å²) >= 11 is 0. The molecule has 0 aromatic heterocycles. The average Bonchev–Trinajstić information content (AvgIpc) is 2.30. The van der Waals surface area contributed by atoms with Crippen molar-refractivity contribution in [3.8, 4) is 0 Å². The summed E-state index contributed by atoms with van der Waals surface area (Å²) in [6.07, 6.45) is 1.12. The van der Waals surface area contributed by atoms with Gasteiger partial charge in [0.25, 0.3) is 0 Å². The Balaban J connectivity index is 0.00000128. The van der Waals surface area contributed by atoms with Crippen molar-refractivity contribution < 1.29 is 0 Å². The molecule has 1 aliphatic rings. The summed E-state index contributed by atoms with van der Waals surface area (Å²) in [7, 11) is 0. The van der Waals surface area contributed by atoms with Gasteiger partial charge in [-0.1, -0.05) is 19.1 Å². The van der Waals surface area contributed by atoms with E-state index in [-0.39, 0.29) is 24.8 Å². The maximum absolute atomic E-state index is 3.42. The largest absolute Gasteiger partial charge is 0.366 e. The fraction of sp³-hybridized carbons (Fsp3) is 0.538. The van der Waals surface area contributed by atoms with Gasteiger partial charge in [-0.3, -0.25) is 0 Å². The van der Waals surface area contributed by atoms with Crippen molar-refractivity contribution in [1.82, 2.24) is 5.32 Å². The summed E-state index contributed by atoms with van der Waals surface area (Å²) in [5, 5.41) is 3.42. The smallest absolute Gasteiger partial charge is 0.0386 e. The molecule has 1 aliphatic heterocycles. The lowest BCUT2D eigenvalue weighted by Gasteiger charge is -2.36. The molecule has 0 aliphatic carbocycles. The van der Waals surface area contributed by atoms with Crippen molar-refractivity contribution >= 4 is 30.5 Å². The summed E-state index contributed by atoms with van der Waals surface area (Å²) in [4.78, 5) is 2.50. The molecule has 1 atom stereocenters. The van der Waals surface area contributed by atoms with Gasteiger partial charge in [0.05, 0.1) is 0 Å². The van der Waals surface area contributed by atoms with Crippen molar-refractivity contribution in [3.05, 3.63) is 29.8 Å². The van der Waals surface area contributed by atoms with Crippen LogP contribution < -0.4 is 10.2 Å². The van der Waals surface area contributed by atoms with Crippen molar-refractivity contribution in [2.45, 2.75) is 26.3 Å². The molecule has 0 amide bonds. The molecule has 2 nitrogen and oxygen atoms in total. The summed E-state index contributed by atoms with van der Waals surface area (Å²) in [6, 6.07) is 9.52. The zero-order valence-electron chi connectivity index (χ0n) is 10.5. The number of halogens is 2. The minimum atomic E-state index is 0. The Bertz CT molecular complexity index is 331. The molecule has 0 radical (unpaired) electrons. The third-order valence-electron chi connectivity index (χ3n) is 3.15. The first-order valence-corrected chi connectivity index (χ1v) is 5.87. The zero-order valence-corrected chi connectivity index (χ0v) is 12.1. The zero-order chi connectivity index (χ0) is 10.7. The van der Waals surface area contributed by atoms with E-state index in [1.807, 2.05) is 0 Å². The SMILES string of the molecule is CCc1cccc(N2CCNC[C@H]2C)c1.Cl.Cl. The molecule has 4 heteroatoms. The molecule has 0 unspecified atom stereocenters. The fourth-order valence-corrected chi connectivity index (χ4v) is 2.18. The first-order valence-electron chi connectivity index (χ1n) is 5.87. The van der Waals surface area contributed by atoms with E-state index < -0.39 is 0 Å². The van der Waals surface area contributed by atoms with Crippen LogP contribution in [-0.2, 0) is 6.42 Å². The van der Waals surface area contributed by atoms with Crippen LogP contribution in [0.3, 0.4) is 0 Å². The second-order valence-corrected chi connectivity index (χ2v) is 4.27. The lowest BCUT2D eigenvalue weighted by molar-refractivity contribution is 0.501. The Morgan fingerprint density at radius 3 is 2.76 bits per heavy atom. The number of rotatable bonds is 2. The molecule has 1 saturated heterocycles. The first kappa shape index (κ1) is 16.6. The van der Waals surface area contributed by atoms with Crippen molar-refractivity contribution in [2.75, 3.05) is 24.5 Å². The molecule has 0 spiro atoms. The monoisotopic (exact) mass is 276 g/mol. The maximum atomic E-state index is 3.42. The van der Waals surface area contributed by atoms with Gasteiger partial charge in [0.2, 0.25) is 0 Å². The molecule has 2 rings (SSSR count). The Morgan fingerprint density at radius 2 is 2.12 bits per heavy atom. The Morgan fingerprint density at radius 1 is 1.35 bits per heavy atom. The van der Waals surface area contributed by atoms with Crippen molar-refractivity contribution in [1.29, 1.82) is 0 Å². The molecule has 0 bridgehead atoms. The van der Waals surface area contributed by atoms with E-state index in [1.165, 1.54) is 11.3 Å². The van der Waals surface area contributed by atoms with Crippen LogP contribution in [0, 0.1) is 0 Å². The molecule has 0 saturated carbocycles. The Hall–Kier alpha value is -0.440. The van der Waals surface area contributed by atoms with Gasteiger partial charge in [-0.25, -0.2) is 0 Å². The molecular formula is C13H22Cl2N2. The quantitative estimate of drug-likeness (QED) is 0.894. The first-order chi connectivity index (χ1) is 7.31. The number of nitrogens with one attached hydrogen (secondary N) is 1. The third-order valence-corrected chi connectivity index (χ3v) is 3.15. The van der Waals surface area contributed by atoms with Gasteiger partial charge >= 0.3 is 0 Å². The van der Waals surface area contributed by atoms with Gasteiger partial charge in [-0.2, -0.15) is 0 Å². The van der Waals surface area contributed by atoms with E-state index in [0.29, 0.717) is 6.04 Å². The van der Waals surface area contributed by atoms with E-state index >= 15 is 0 Å². The van der Waals surface area contributed by atoms with Gasteiger partial charge in [0.15, 0.2) is 0 Å². The van der Waals surface area contributed by atoms with Gasteiger partial charge in [-0.15, -0.1) is 24.8 Å². The Kier molecular flexibility index (Phi) is 7.60. The van der Waals surface area contributed by atoms with Crippen LogP contribution in [-0.4, -0.2) is 25.7 Å². The van der Waals surface area contributed by atoms with Crippen molar-refractivity contribution in [2.24, 2.45) is 0 Å². The van der Waals surface area contributed by atoms with Crippen LogP contribution in [0.15, 0.2) is 24.3 Å². The Labute approximate surface area is 117 Å². The standard InChI is InChI=1S/C13H20N2.2ClH/c1-3-12-5-4-6-13(9-12)15-8-7-14-10-11(15)2;;/h4-6,9,11,14H,3,7-8,10H2,1-2H3;2*1H/t11-;;/m1../s1. The number of hydrogen-bond acceptors (Lipinski definition) is 2. The summed E-state index contributed by atoms with van der Waals surface area (Å²) in [5.74, 6) is 0. The highest BCUT2D eigenvalue weighted by Crippen LogP contribution is 2.19. The molecule has 1 N–H and O–H groups in total. The molecule has 1 fully saturated rings. The summed E-state index contributed by atoms with van der Waals surface area (Å²) in [6.45, 7) is 7.80. The normalized spacial score (nSPS) is 19.2. The van der Waals surface area contributed by atoms with E-state index in [1.54, 1.807) is 0 Å². The maximum Gasteiger partial charge on any atom is 0.0386 e. The number of aryl methyl sites for hydroxylation is 1. The van der Waals surface area contributed by atoms with Crippen LogP contribution in [0.1, 0.15) is 19.4 Å². The molecule has 1 heterocycles. The topological polar surface area (TPSA) is 15.3 Å². The van der Waals surface area contributed by atoms with E-state index in [0.717, 1.165) is 26.1 Å². The van der Waals surface area contributed by atoms with Crippen molar-refractivity contribution in [3.63, 3.8) is 0 Å². The summed E-state index contributed by atoms with van der Waals surface area (Å²) in [5.41, 5.74) is 2.81. The molecule has 98 valence electrons. The van der Waals surface area contributed by atoms with Crippen LogP contribution in [0.2, 0.25) is 0 Å². The predicted molar refractivity (Wildman–Crippen MR) is 80.0 cm³/mol. The number of anilines is 1. The van der Waals surface area contributed by atoms with E-state index in [9.17, 15) is 0 Å². The lowest BCUT2D eigenvalue weighted by atomic mass is 10.1. The number of hydrogen-bond donors (Lipinski definition) is 1. The van der Waals surface area contributed by atoms with Gasteiger partial charge < -0.3 is 10.2 Å². The predicted octanol–water partition coefficient (Wildman–Crippen LogP) is 2.89. The van der Waals surface area contributed by atoms with E-state index in [4.69, 9.17) is 0 Å². The second kappa shape index (κ2) is 7.80. The average molecular weight is 277 g/mol. The minimum Gasteiger partial charge on any atom is -0.366 e. The molecule has 17 heavy (non-hydrogen) atoms. The molecule has 1 aromatic carbocycles. The highest BCUT2D eigenvalue weighted by molar-refractivity contribution is 5.85. The summed E-state index contributed by atoms with van der Waals surface area (Å²) < 4.78 is 0. The van der Waals surface area contributed by atoms with Gasteiger partial charge in [0, 0.05) is 31.4 Å². The van der Waals surface area contributed by atoms with Crippen LogP contribution >= 0.6 is 24.8 Å². The van der Waals surface area contributed by atoms with Crippen LogP contribution in [0.4, 0.5) is 5.69 Å².